The van der Waals surface area contributed by atoms with Gasteiger partial charge in [-0.1, -0.05) is 55.6 Å². The average Bonchev–Trinajstić information content (AvgIpc) is 2.18. The first kappa shape index (κ1) is 19.6. The molecule has 0 atom stereocenters. The molecule has 0 fully saturated rings. The van der Waals surface area contributed by atoms with Crippen LogP contribution < -0.4 is 0 Å². The van der Waals surface area contributed by atoms with Gasteiger partial charge in [0.15, 0.2) is 0 Å². The van der Waals surface area contributed by atoms with Crippen molar-refractivity contribution in [3.8, 4) is 0 Å². The molecule has 6 heteroatoms. The van der Waals surface area contributed by atoms with Gasteiger partial charge in [-0.2, -0.15) is 0 Å². The highest BCUT2D eigenvalue weighted by Gasteiger charge is 2.29. The zero-order chi connectivity index (χ0) is 13.9. The van der Waals surface area contributed by atoms with E-state index >= 15 is 0 Å². The lowest BCUT2D eigenvalue weighted by Gasteiger charge is -2.19. The molecule has 0 aliphatic heterocycles. The molecule has 0 aromatic carbocycles. The van der Waals surface area contributed by atoms with Crippen LogP contribution >= 0.6 is 34.8 Å². The lowest BCUT2D eigenvalue weighted by atomic mass is 10.3. The SMILES string of the molecule is CCCN(CCC)CCC.O=C(O)C(Cl)(Cl)Cl. The monoisotopic (exact) mass is 305 g/mol. The lowest BCUT2D eigenvalue weighted by Crippen LogP contribution is -2.25. The van der Waals surface area contributed by atoms with Crippen molar-refractivity contribution in [2.24, 2.45) is 0 Å². The summed E-state index contributed by atoms with van der Waals surface area (Å²) in [4.78, 5) is 12.2. The minimum atomic E-state index is -2.17. The maximum Gasteiger partial charge on any atom is 0.356 e. The molecular weight excluding hydrogens is 284 g/mol. The maximum atomic E-state index is 9.62. The summed E-state index contributed by atoms with van der Waals surface area (Å²) in [6.45, 7) is 10.6. The van der Waals surface area contributed by atoms with Gasteiger partial charge >= 0.3 is 5.97 Å². The molecule has 0 aliphatic carbocycles. The Hall–Kier alpha value is 0.300. The van der Waals surface area contributed by atoms with Gasteiger partial charge in [-0.15, -0.1) is 0 Å². The summed E-state index contributed by atoms with van der Waals surface area (Å²) in [7, 11) is 0. The van der Waals surface area contributed by atoms with Crippen LogP contribution in [-0.4, -0.2) is 39.4 Å². The quantitative estimate of drug-likeness (QED) is 0.755. The second-order valence-electron chi connectivity index (χ2n) is 3.64. The zero-order valence-corrected chi connectivity index (χ0v) is 12.9. The van der Waals surface area contributed by atoms with Gasteiger partial charge in [0.2, 0.25) is 0 Å². The fraction of sp³-hybridized carbons (Fsp3) is 0.909. The minimum Gasteiger partial charge on any atom is -0.478 e. The topological polar surface area (TPSA) is 40.5 Å². The van der Waals surface area contributed by atoms with Crippen molar-refractivity contribution in [2.75, 3.05) is 19.6 Å². The molecule has 0 amide bonds. The third-order valence-electron chi connectivity index (χ3n) is 1.86. The van der Waals surface area contributed by atoms with Crippen LogP contribution in [0.15, 0.2) is 0 Å². The van der Waals surface area contributed by atoms with Crippen molar-refractivity contribution < 1.29 is 9.90 Å². The summed E-state index contributed by atoms with van der Waals surface area (Å²) in [5, 5.41) is 7.85. The fourth-order valence-electron chi connectivity index (χ4n) is 1.28. The van der Waals surface area contributed by atoms with Gasteiger partial charge in [0.1, 0.15) is 0 Å². The highest BCUT2D eigenvalue weighted by Crippen LogP contribution is 2.25. The van der Waals surface area contributed by atoms with Crippen molar-refractivity contribution in [1.29, 1.82) is 0 Å². The second-order valence-corrected chi connectivity index (χ2v) is 5.93. The first-order valence-electron chi connectivity index (χ1n) is 5.81. The molecule has 0 saturated heterocycles. The average molecular weight is 307 g/mol. The van der Waals surface area contributed by atoms with Crippen LogP contribution in [0.2, 0.25) is 0 Å². The Morgan fingerprint density at radius 2 is 1.24 bits per heavy atom. The Bertz CT molecular complexity index is 181. The Morgan fingerprint density at radius 3 is 1.35 bits per heavy atom. The molecule has 0 unspecified atom stereocenters. The van der Waals surface area contributed by atoms with E-state index in [2.05, 4.69) is 25.7 Å². The number of rotatable bonds is 6. The Morgan fingerprint density at radius 1 is 1.00 bits per heavy atom. The Kier molecular flexibility index (Phi) is 13.2. The summed E-state index contributed by atoms with van der Waals surface area (Å²) < 4.78 is -2.17. The molecule has 0 spiro atoms. The highest BCUT2D eigenvalue weighted by molar-refractivity contribution is 6.75. The first-order valence-corrected chi connectivity index (χ1v) is 6.95. The number of carboxylic acids is 1. The molecule has 0 aromatic rings. The number of hydrogen-bond acceptors (Lipinski definition) is 2. The largest absolute Gasteiger partial charge is 0.478 e. The van der Waals surface area contributed by atoms with E-state index in [4.69, 9.17) is 39.9 Å². The number of carbonyl (C=O) groups is 1. The zero-order valence-electron chi connectivity index (χ0n) is 10.7. The predicted molar refractivity (Wildman–Crippen MR) is 75.2 cm³/mol. The molecule has 0 aromatic heterocycles. The number of alkyl halides is 3. The summed E-state index contributed by atoms with van der Waals surface area (Å²) in [5.41, 5.74) is 0. The van der Waals surface area contributed by atoms with Gasteiger partial charge in [-0.3, -0.25) is 0 Å². The van der Waals surface area contributed by atoms with Crippen LogP contribution in [0.3, 0.4) is 0 Å². The van der Waals surface area contributed by atoms with Crippen LogP contribution in [0.1, 0.15) is 40.0 Å². The van der Waals surface area contributed by atoms with E-state index in [0.29, 0.717) is 0 Å². The van der Waals surface area contributed by atoms with Gasteiger partial charge in [0, 0.05) is 0 Å². The van der Waals surface area contributed by atoms with E-state index in [1.807, 2.05) is 0 Å². The number of halogens is 3. The molecule has 0 heterocycles. The smallest absolute Gasteiger partial charge is 0.356 e. The second kappa shape index (κ2) is 11.4. The van der Waals surface area contributed by atoms with Gasteiger partial charge in [0.05, 0.1) is 0 Å². The van der Waals surface area contributed by atoms with Crippen molar-refractivity contribution in [2.45, 2.75) is 43.8 Å². The van der Waals surface area contributed by atoms with Crippen molar-refractivity contribution >= 4 is 40.8 Å². The van der Waals surface area contributed by atoms with Gasteiger partial charge < -0.3 is 10.0 Å². The van der Waals surface area contributed by atoms with Crippen molar-refractivity contribution in [3.05, 3.63) is 0 Å². The van der Waals surface area contributed by atoms with Gasteiger partial charge in [-0.05, 0) is 38.9 Å². The predicted octanol–water partition coefficient (Wildman–Crippen LogP) is 3.96. The molecule has 104 valence electrons. The molecule has 0 aliphatic rings. The van der Waals surface area contributed by atoms with E-state index in [9.17, 15) is 4.79 Å². The van der Waals surface area contributed by atoms with E-state index in [0.717, 1.165) is 0 Å². The van der Waals surface area contributed by atoms with Crippen LogP contribution in [-0.2, 0) is 4.79 Å². The molecule has 3 nitrogen and oxygen atoms in total. The fourth-order valence-corrected chi connectivity index (χ4v) is 1.28. The van der Waals surface area contributed by atoms with Crippen molar-refractivity contribution in [1.82, 2.24) is 4.90 Å². The molecule has 17 heavy (non-hydrogen) atoms. The normalized spacial score (nSPS) is 11.0. The Labute approximate surface area is 119 Å². The van der Waals surface area contributed by atoms with E-state index in [1.54, 1.807) is 0 Å². The number of hydrogen-bond donors (Lipinski definition) is 1. The number of aliphatic carboxylic acids is 1. The number of carboxylic acid groups (broad SMARTS) is 1. The van der Waals surface area contributed by atoms with E-state index in [1.165, 1.54) is 38.9 Å². The van der Waals surface area contributed by atoms with E-state index < -0.39 is 9.76 Å². The third-order valence-corrected chi connectivity index (χ3v) is 2.35. The van der Waals surface area contributed by atoms with E-state index in [-0.39, 0.29) is 0 Å². The van der Waals surface area contributed by atoms with Crippen LogP contribution in [0.25, 0.3) is 0 Å². The molecule has 0 rings (SSSR count). The van der Waals surface area contributed by atoms with Gasteiger partial charge in [-0.25, -0.2) is 4.79 Å². The molecule has 0 radical (unpaired) electrons. The van der Waals surface area contributed by atoms with Crippen LogP contribution in [0, 0.1) is 0 Å². The molecular formula is C11H22Cl3NO2. The van der Waals surface area contributed by atoms with Crippen LogP contribution in [0.5, 0.6) is 0 Å². The highest BCUT2D eigenvalue weighted by atomic mass is 35.6. The summed E-state index contributed by atoms with van der Waals surface area (Å²) in [5.74, 6) is -1.46. The maximum absolute atomic E-state index is 9.62. The third kappa shape index (κ3) is 14.2. The number of nitrogens with zero attached hydrogens (tertiary/aromatic N) is 1. The first-order chi connectivity index (χ1) is 7.79. The Balaban J connectivity index is 0. The van der Waals surface area contributed by atoms with Crippen LogP contribution in [0.4, 0.5) is 0 Å². The summed E-state index contributed by atoms with van der Waals surface area (Å²) in [6.07, 6.45) is 3.88. The molecule has 0 saturated carbocycles. The minimum absolute atomic E-state index is 1.28. The molecule has 1 N–H and O–H groups in total. The van der Waals surface area contributed by atoms with Gasteiger partial charge in [0.25, 0.3) is 3.79 Å². The summed E-state index contributed by atoms with van der Waals surface area (Å²) >= 11 is 14.4. The van der Waals surface area contributed by atoms with Crippen molar-refractivity contribution in [3.63, 3.8) is 0 Å². The molecule has 0 bridgehead atoms. The lowest BCUT2D eigenvalue weighted by molar-refractivity contribution is -0.135. The summed E-state index contributed by atoms with van der Waals surface area (Å²) in [6, 6.07) is 0. The standard InChI is InChI=1S/C9H21N.C2HCl3O2/c1-4-7-10(8-5-2)9-6-3;3-2(4,5)1(6)7/h4-9H2,1-3H3;(H,6,7).